The summed E-state index contributed by atoms with van der Waals surface area (Å²) in [5.74, 6) is -0.0757. The SMILES string of the molecule is CC/C=C/C/C=C/CCCCCCCCCCC(=O)OC. The Kier molecular flexibility index (Phi) is 16.2. The highest BCUT2D eigenvalue weighted by molar-refractivity contribution is 5.68. The molecule has 2 heteroatoms. The highest BCUT2D eigenvalue weighted by atomic mass is 16.5. The second kappa shape index (κ2) is 17.0. The van der Waals surface area contributed by atoms with E-state index in [2.05, 4.69) is 36.0 Å². The fourth-order valence-electron chi connectivity index (χ4n) is 2.25. The Labute approximate surface area is 131 Å². The molecular weight excluding hydrogens is 260 g/mol. The third-order valence-corrected chi connectivity index (χ3v) is 3.57. The van der Waals surface area contributed by atoms with Crippen molar-refractivity contribution in [3.63, 3.8) is 0 Å². The number of esters is 1. The van der Waals surface area contributed by atoms with Crippen LogP contribution in [0.2, 0.25) is 0 Å². The molecule has 0 aliphatic heterocycles. The van der Waals surface area contributed by atoms with Crippen LogP contribution in [0.25, 0.3) is 0 Å². The van der Waals surface area contributed by atoms with Crippen LogP contribution in [0.3, 0.4) is 0 Å². The number of unbranched alkanes of at least 4 members (excludes halogenated alkanes) is 8. The lowest BCUT2D eigenvalue weighted by atomic mass is 10.1. The van der Waals surface area contributed by atoms with E-state index in [4.69, 9.17) is 0 Å². The minimum absolute atomic E-state index is 0.0757. The molecule has 2 nitrogen and oxygen atoms in total. The van der Waals surface area contributed by atoms with Gasteiger partial charge in [0.1, 0.15) is 0 Å². The van der Waals surface area contributed by atoms with Crippen LogP contribution in [0.5, 0.6) is 0 Å². The molecule has 0 bridgehead atoms. The van der Waals surface area contributed by atoms with Crippen molar-refractivity contribution in [2.75, 3.05) is 7.11 Å². The summed E-state index contributed by atoms with van der Waals surface area (Å²) in [7, 11) is 1.46. The van der Waals surface area contributed by atoms with Crippen LogP contribution in [0, 0.1) is 0 Å². The van der Waals surface area contributed by atoms with E-state index in [1.54, 1.807) is 0 Å². The smallest absolute Gasteiger partial charge is 0.305 e. The van der Waals surface area contributed by atoms with Crippen LogP contribution in [-0.2, 0) is 9.53 Å². The average molecular weight is 294 g/mol. The van der Waals surface area contributed by atoms with Crippen LogP contribution in [0.4, 0.5) is 0 Å². The van der Waals surface area contributed by atoms with E-state index in [0.717, 1.165) is 25.7 Å². The molecule has 0 amide bonds. The van der Waals surface area contributed by atoms with Crippen molar-refractivity contribution in [1.82, 2.24) is 0 Å². The zero-order chi connectivity index (χ0) is 15.6. The maximum atomic E-state index is 10.9. The van der Waals surface area contributed by atoms with Gasteiger partial charge in [-0.25, -0.2) is 0 Å². The van der Waals surface area contributed by atoms with E-state index in [-0.39, 0.29) is 5.97 Å². The van der Waals surface area contributed by atoms with Crippen LogP contribution in [0.1, 0.15) is 84.0 Å². The summed E-state index contributed by atoms with van der Waals surface area (Å²) in [6.45, 7) is 2.17. The molecule has 0 heterocycles. The Hall–Kier alpha value is -1.05. The van der Waals surface area contributed by atoms with E-state index in [1.165, 1.54) is 52.1 Å². The first-order valence-corrected chi connectivity index (χ1v) is 8.68. The maximum absolute atomic E-state index is 10.9. The van der Waals surface area contributed by atoms with Gasteiger partial charge in [-0.3, -0.25) is 4.79 Å². The maximum Gasteiger partial charge on any atom is 0.305 e. The van der Waals surface area contributed by atoms with Gasteiger partial charge in [-0.05, 0) is 32.1 Å². The number of rotatable bonds is 14. The number of ether oxygens (including phenoxy) is 1. The first-order valence-electron chi connectivity index (χ1n) is 8.68. The number of carbonyl (C=O) groups excluding carboxylic acids is 1. The zero-order valence-electron chi connectivity index (χ0n) is 14.1. The monoisotopic (exact) mass is 294 g/mol. The quantitative estimate of drug-likeness (QED) is 0.224. The minimum Gasteiger partial charge on any atom is -0.469 e. The standard InChI is InChI=1S/C19H34O2/c1-3-4-5-6-7-8-9-10-11-12-13-14-15-16-17-18-19(20)21-2/h4-5,7-8H,3,6,9-18H2,1-2H3/b5-4+,8-7+. The van der Waals surface area contributed by atoms with Crippen molar-refractivity contribution in [3.8, 4) is 0 Å². The molecule has 122 valence electrons. The molecule has 0 aliphatic carbocycles. The molecule has 0 aromatic rings. The Morgan fingerprint density at radius 2 is 1.38 bits per heavy atom. The van der Waals surface area contributed by atoms with Gasteiger partial charge >= 0.3 is 5.97 Å². The van der Waals surface area contributed by atoms with E-state index < -0.39 is 0 Å². The van der Waals surface area contributed by atoms with Gasteiger partial charge in [-0.2, -0.15) is 0 Å². The number of hydrogen-bond acceptors (Lipinski definition) is 2. The van der Waals surface area contributed by atoms with Crippen molar-refractivity contribution in [3.05, 3.63) is 24.3 Å². The Morgan fingerprint density at radius 3 is 2.00 bits per heavy atom. The number of carbonyl (C=O) groups is 1. The molecule has 0 fully saturated rings. The van der Waals surface area contributed by atoms with Crippen LogP contribution in [-0.4, -0.2) is 13.1 Å². The van der Waals surface area contributed by atoms with Crippen LogP contribution < -0.4 is 0 Å². The molecule has 0 N–H and O–H groups in total. The van der Waals surface area contributed by atoms with E-state index in [9.17, 15) is 4.79 Å². The van der Waals surface area contributed by atoms with Crippen molar-refractivity contribution < 1.29 is 9.53 Å². The van der Waals surface area contributed by atoms with Crippen molar-refractivity contribution in [2.24, 2.45) is 0 Å². The first kappa shape index (κ1) is 19.9. The van der Waals surface area contributed by atoms with Crippen LogP contribution >= 0.6 is 0 Å². The Bertz CT molecular complexity index is 279. The number of methoxy groups -OCH3 is 1. The van der Waals surface area contributed by atoms with Gasteiger partial charge in [0.25, 0.3) is 0 Å². The van der Waals surface area contributed by atoms with E-state index in [0.29, 0.717) is 6.42 Å². The minimum atomic E-state index is -0.0757. The fraction of sp³-hybridized carbons (Fsp3) is 0.737. The predicted octanol–water partition coefficient (Wildman–Crippen LogP) is 5.97. The normalized spacial score (nSPS) is 11.5. The second-order valence-corrected chi connectivity index (χ2v) is 5.53. The van der Waals surface area contributed by atoms with Crippen LogP contribution in [0.15, 0.2) is 24.3 Å². The Morgan fingerprint density at radius 1 is 0.810 bits per heavy atom. The van der Waals surface area contributed by atoms with Crippen molar-refractivity contribution in [2.45, 2.75) is 84.0 Å². The Balaban J connectivity index is 3.12. The summed E-state index contributed by atoms with van der Waals surface area (Å²) in [4.78, 5) is 10.9. The lowest BCUT2D eigenvalue weighted by molar-refractivity contribution is -0.140. The van der Waals surface area contributed by atoms with Gasteiger partial charge in [0.15, 0.2) is 0 Å². The summed E-state index contributed by atoms with van der Waals surface area (Å²) in [5.41, 5.74) is 0. The van der Waals surface area contributed by atoms with Gasteiger partial charge in [0.05, 0.1) is 7.11 Å². The van der Waals surface area contributed by atoms with Gasteiger partial charge in [-0.1, -0.05) is 69.8 Å². The second-order valence-electron chi connectivity index (χ2n) is 5.53. The largest absolute Gasteiger partial charge is 0.469 e. The van der Waals surface area contributed by atoms with Gasteiger partial charge in [0.2, 0.25) is 0 Å². The molecular formula is C19H34O2. The van der Waals surface area contributed by atoms with E-state index >= 15 is 0 Å². The zero-order valence-corrected chi connectivity index (χ0v) is 14.1. The molecule has 0 saturated heterocycles. The summed E-state index contributed by atoms with van der Waals surface area (Å²) >= 11 is 0. The summed E-state index contributed by atoms with van der Waals surface area (Å²) in [5, 5.41) is 0. The molecule has 0 radical (unpaired) electrons. The molecule has 0 unspecified atom stereocenters. The molecule has 0 spiro atoms. The number of allylic oxidation sites excluding steroid dienone is 4. The van der Waals surface area contributed by atoms with Gasteiger partial charge in [-0.15, -0.1) is 0 Å². The summed E-state index contributed by atoms with van der Waals surface area (Å²) in [6, 6.07) is 0. The third kappa shape index (κ3) is 16.9. The number of hydrogen-bond donors (Lipinski definition) is 0. The lowest BCUT2D eigenvalue weighted by Gasteiger charge is -2.01. The molecule has 21 heavy (non-hydrogen) atoms. The third-order valence-electron chi connectivity index (χ3n) is 3.57. The summed E-state index contributed by atoms with van der Waals surface area (Å²) < 4.78 is 4.62. The molecule has 0 aromatic carbocycles. The highest BCUT2D eigenvalue weighted by Crippen LogP contribution is 2.11. The molecule has 0 saturated carbocycles. The topological polar surface area (TPSA) is 26.3 Å². The van der Waals surface area contributed by atoms with Crippen molar-refractivity contribution in [1.29, 1.82) is 0 Å². The molecule has 0 aliphatic rings. The lowest BCUT2D eigenvalue weighted by Crippen LogP contribution is -1.99. The van der Waals surface area contributed by atoms with Gasteiger partial charge in [0, 0.05) is 6.42 Å². The van der Waals surface area contributed by atoms with E-state index in [1.807, 2.05) is 0 Å². The molecule has 0 aromatic heterocycles. The van der Waals surface area contributed by atoms with Crippen molar-refractivity contribution >= 4 is 5.97 Å². The average Bonchev–Trinajstić information content (AvgIpc) is 2.50. The summed E-state index contributed by atoms with van der Waals surface area (Å²) in [6.07, 6.45) is 23.1. The molecule has 0 rings (SSSR count). The van der Waals surface area contributed by atoms with Gasteiger partial charge < -0.3 is 4.74 Å². The first-order chi connectivity index (χ1) is 10.3. The fourth-order valence-corrected chi connectivity index (χ4v) is 2.25. The highest BCUT2D eigenvalue weighted by Gasteiger charge is 1.98. The predicted molar refractivity (Wildman–Crippen MR) is 91.4 cm³/mol. The molecule has 0 atom stereocenters.